The quantitative estimate of drug-likeness (QED) is 0.620. The monoisotopic (exact) mass is 438 g/mol. The number of nitrogens with one attached hydrogen (secondary N) is 1. The van der Waals surface area contributed by atoms with E-state index >= 15 is 0 Å². The van der Waals surface area contributed by atoms with Crippen LogP contribution in [0.2, 0.25) is 0 Å². The van der Waals surface area contributed by atoms with Crippen molar-refractivity contribution in [3.63, 3.8) is 0 Å². The summed E-state index contributed by atoms with van der Waals surface area (Å²) in [6.07, 6.45) is 0.309. The van der Waals surface area contributed by atoms with Crippen LogP contribution in [0.15, 0.2) is 48.5 Å². The molecule has 3 rings (SSSR count). The number of fused-ring (bicyclic) bond motifs is 3. The van der Waals surface area contributed by atoms with Crippen molar-refractivity contribution < 1.29 is 24.2 Å². The van der Waals surface area contributed by atoms with Crippen molar-refractivity contribution in [2.75, 3.05) is 20.2 Å². The predicted molar refractivity (Wildman–Crippen MR) is 121 cm³/mol. The molecule has 7 heteroatoms. The number of carbonyl (C=O) groups is 3. The molecule has 0 saturated carbocycles. The number of carboxylic acids is 1. The number of aliphatic carboxylic acids is 1. The average molecular weight is 439 g/mol. The fourth-order valence-corrected chi connectivity index (χ4v) is 4.01. The van der Waals surface area contributed by atoms with Crippen molar-refractivity contribution in [1.29, 1.82) is 0 Å². The van der Waals surface area contributed by atoms with Crippen LogP contribution in [-0.4, -0.2) is 54.2 Å². The first-order valence-electron chi connectivity index (χ1n) is 10.9. The van der Waals surface area contributed by atoms with E-state index in [0.29, 0.717) is 6.42 Å². The molecule has 7 nitrogen and oxygen atoms in total. The minimum Gasteiger partial charge on any atom is -0.480 e. The summed E-state index contributed by atoms with van der Waals surface area (Å²) in [5.41, 5.74) is 4.63. The second kappa shape index (κ2) is 10.3. The zero-order valence-corrected chi connectivity index (χ0v) is 18.7. The summed E-state index contributed by atoms with van der Waals surface area (Å²) >= 11 is 0. The zero-order valence-electron chi connectivity index (χ0n) is 18.7. The highest BCUT2D eigenvalue weighted by Crippen LogP contribution is 2.44. The second-order valence-corrected chi connectivity index (χ2v) is 8.20. The predicted octanol–water partition coefficient (Wildman–Crippen LogP) is 3.87. The Morgan fingerprint density at radius 2 is 1.62 bits per heavy atom. The van der Waals surface area contributed by atoms with Crippen LogP contribution in [0, 0.1) is 5.92 Å². The number of alkyl carbamates (subject to hydrolysis) is 1. The van der Waals surface area contributed by atoms with Crippen LogP contribution < -0.4 is 5.32 Å². The first kappa shape index (κ1) is 23.3. The number of benzene rings is 2. The molecule has 0 heterocycles. The van der Waals surface area contributed by atoms with Crippen molar-refractivity contribution in [3.05, 3.63) is 59.7 Å². The van der Waals surface area contributed by atoms with Gasteiger partial charge in [0.25, 0.3) is 0 Å². The summed E-state index contributed by atoms with van der Waals surface area (Å²) in [7, 11) is 1.48. The van der Waals surface area contributed by atoms with E-state index in [2.05, 4.69) is 29.6 Å². The molecule has 2 N–H and O–H groups in total. The molecule has 170 valence electrons. The molecule has 0 saturated heterocycles. The van der Waals surface area contributed by atoms with Gasteiger partial charge in [-0.25, -0.2) is 9.59 Å². The third-order valence-electron chi connectivity index (χ3n) is 6.25. The van der Waals surface area contributed by atoms with E-state index < -0.39 is 18.1 Å². The van der Waals surface area contributed by atoms with Crippen molar-refractivity contribution in [2.24, 2.45) is 5.92 Å². The molecular formula is C25H30N2O5. The summed E-state index contributed by atoms with van der Waals surface area (Å²) in [5.74, 6) is -1.43. The van der Waals surface area contributed by atoms with Crippen LogP contribution in [0.4, 0.5) is 4.79 Å². The van der Waals surface area contributed by atoms with Crippen LogP contribution in [0.25, 0.3) is 11.1 Å². The first-order chi connectivity index (χ1) is 15.3. The Bertz CT molecular complexity index is 944. The van der Waals surface area contributed by atoms with Gasteiger partial charge in [-0.1, -0.05) is 61.9 Å². The topological polar surface area (TPSA) is 95.9 Å². The molecule has 0 fully saturated rings. The molecule has 0 bridgehead atoms. The Kier molecular flexibility index (Phi) is 7.51. The van der Waals surface area contributed by atoms with Crippen LogP contribution in [0.5, 0.6) is 0 Å². The Labute approximate surface area is 188 Å². The minimum absolute atomic E-state index is 0.0112. The lowest BCUT2D eigenvalue weighted by molar-refractivity contribution is -0.148. The Hall–Kier alpha value is -3.35. The lowest BCUT2D eigenvalue weighted by Crippen LogP contribution is -2.41. The highest BCUT2D eigenvalue weighted by molar-refractivity contribution is 5.83. The average Bonchev–Trinajstić information content (AvgIpc) is 3.12. The number of carboxylic acid groups (broad SMARTS) is 1. The number of likely N-dealkylation sites (N-methyl/N-ethyl adjacent to an activating group) is 1. The molecule has 0 aliphatic heterocycles. The third kappa shape index (κ3) is 5.10. The molecule has 2 aromatic rings. The maximum absolute atomic E-state index is 12.4. The summed E-state index contributed by atoms with van der Waals surface area (Å²) in [6, 6.07) is 15.4. The molecule has 2 atom stereocenters. The SMILES string of the molecule is CCC(CNC(=O)OCC1c2ccccc2-c2ccccc21)CC(=O)N(C)[C@@H](C)C(=O)O. The number of carbonyl (C=O) groups excluding carboxylic acids is 2. The molecule has 1 aliphatic carbocycles. The van der Waals surface area contributed by atoms with E-state index in [1.54, 1.807) is 0 Å². The smallest absolute Gasteiger partial charge is 0.407 e. The zero-order chi connectivity index (χ0) is 23.3. The second-order valence-electron chi connectivity index (χ2n) is 8.20. The number of hydrogen-bond acceptors (Lipinski definition) is 4. The maximum atomic E-state index is 12.4. The van der Waals surface area contributed by atoms with Gasteiger partial charge in [-0.15, -0.1) is 0 Å². The van der Waals surface area contributed by atoms with Crippen LogP contribution in [-0.2, 0) is 14.3 Å². The normalized spacial score (nSPS) is 14.1. The highest BCUT2D eigenvalue weighted by Gasteiger charge is 2.29. The Morgan fingerprint density at radius 1 is 1.06 bits per heavy atom. The van der Waals surface area contributed by atoms with Gasteiger partial charge in [0.2, 0.25) is 5.91 Å². The van der Waals surface area contributed by atoms with Gasteiger partial charge < -0.3 is 20.1 Å². The van der Waals surface area contributed by atoms with Crippen LogP contribution >= 0.6 is 0 Å². The van der Waals surface area contributed by atoms with Crippen molar-refractivity contribution in [2.45, 2.75) is 38.6 Å². The molecule has 0 radical (unpaired) electrons. The molecule has 1 aliphatic rings. The summed E-state index contributed by atoms with van der Waals surface area (Å²) < 4.78 is 5.53. The molecule has 1 unspecified atom stereocenters. The van der Waals surface area contributed by atoms with E-state index in [4.69, 9.17) is 9.84 Å². The molecule has 32 heavy (non-hydrogen) atoms. The fourth-order valence-electron chi connectivity index (χ4n) is 4.01. The van der Waals surface area contributed by atoms with Gasteiger partial charge in [0.05, 0.1) is 0 Å². The Morgan fingerprint density at radius 3 is 2.16 bits per heavy atom. The highest BCUT2D eigenvalue weighted by atomic mass is 16.5. The number of amides is 2. The molecule has 0 spiro atoms. The van der Waals surface area contributed by atoms with Gasteiger partial charge in [0, 0.05) is 25.9 Å². The Balaban J connectivity index is 1.53. The van der Waals surface area contributed by atoms with E-state index in [0.717, 1.165) is 11.1 Å². The van der Waals surface area contributed by atoms with Gasteiger partial charge in [-0.2, -0.15) is 0 Å². The van der Waals surface area contributed by atoms with Gasteiger partial charge in [0.1, 0.15) is 12.6 Å². The number of rotatable bonds is 9. The number of hydrogen-bond donors (Lipinski definition) is 2. The lowest BCUT2D eigenvalue weighted by Gasteiger charge is -2.24. The van der Waals surface area contributed by atoms with E-state index in [1.807, 2.05) is 31.2 Å². The molecule has 2 amide bonds. The van der Waals surface area contributed by atoms with Gasteiger partial charge >= 0.3 is 12.1 Å². The van der Waals surface area contributed by atoms with Gasteiger partial charge in [0.15, 0.2) is 0 Å². The van der Waals surface area contributed by atoms with E-state index in [1.165, 1.54) is 30.0 Å². The maximum Gasteiger partial charge on any atom is 0.407 e. The largest absolute Gasteiger partial charge is 0.480 e. The molecule has 2 aromatic carbocycles. The van der Waals surface area contributed by atoms with Crippen LogP contribution in [0.1, 0.15) is 43.7 Å². The molecule has 0 aromatic heterocycles. The number of ether oxygens (including phenoxy) is 1. The summed E-state index contributed by atoms with van der Waals surface area (Å²) in [4.78, 5) is 37.0. The van der Waals surface area contributed by atoms with Gasteiger partial charge in [-0.05, 0) is 35.1 Å². The standard InChI is InChI=1S/C25H30N2O5/c1-4-17(13-23(28)27(3)16(2)24(29)30)14-26-25(31)32-15-22-20-11-7-5-9-18(20)19-10-6-8-12-21(19)22/h5-12,16-17,22H,4,13-15H2,1-3H3,(H,26,31)(H,29,30)/t16-,17?/m0/s1. The van der Waals surface area contributed by atoms with Crippen molar-refractivity contribution >= 4 is 18.0 Å². The van der Waals surface area contributed by atoms with Crippen molar-refractivity contribution in [3.8, 4) is 11.1 Å². The summed E-state index contributed by atoms with van der Waals surface area (Å²) in [6.45, 7) is 3.91. The summed E-state index contributed by atoms with van der Waals surface area (Å²) in [5, 5.41) is 11.8. The fraction of sp³-hybridized carbons (Fsp3) is 0.400. The van der Waals surface area contributed by atoms with Crippen LogP contribution in [0.3, 0.4) is 0 Å². The molecular weight excluding hydrogens is 408 g/mol. The lowest BCUT2D eigenvalue weighted by atomic mass is 9.98. The van der Waals surface area contributed by atoms with E-state index in [-0.39, 0.29) is 37.3 Å². The first-order valence-corrected chi connectivity index (χ1v) is 10.9. The van der Waals surface area contributed by atoms with E-state index in [9.17, 15) is 14.4 Å². The van der Waals surface area contributed by atoms with Crippen molar-refractivity contribution in [1.82, 2.24) is 10.2 Å². The minimum atomic E-state index is -1.05. The number of nitrogens with zero attached hydrogens (tertiary/aromatic N) is 1. The third-order valence-corrected chi connectivity index (χ3v) is 6.25. The van der Waals surface area contributed by atoms with Gasteiger partial charge in [-0.3, -0.25) is 4.79 Å².